The molecule has 27 heavy (non-hydrogen) atoms. The van der Waals surface area contributed by atoms with E-state index in [0.29, 0.717) is 0 Å². The van der Waals surface area contributed by atoms with Crippen molar-refractivity contribution >= 4 is 41.0 Å². The van der Waals surface area contributed by atoms with Crippen molar-refractivity contribution in [1.82, 2.24) is 9.55 Å². The summed E-state index contributed by atoms with van der Waals surface area (Å²) >= 11 is 1.09. The highest BCUT2D eigenvalue weighted by Gasteiger charge is 2.41. The minimum atomic E-state index is -5.58. The summed E-state index contributed by atoms with van der Waals surface area (Å²) in [7, 11) is -16.3. The minimum absolute atomic E-state index is 0.0195. The van der Waals surface area contributed by atoms with Crippen LogP contribution in [0, 0.1) is 0 Å². The summed E-state index contributed by atoms with van der Waals surface area (Å²) in [5.41, 5.74) is 3.83. The van der Waals surface area contributed by atoms with Crippen molar-refractivity contribution < 1.29 is 51.2 Å². The van der Waals surface area contributed by atoms with Gasteiger partial charge in [0, 0.05) is 11.9 Å². The zero-order valence-electron chi connectivity index (χ0n) is 13.0. The molecule has 0 amide bonds. The van der Waals surface area contributed by atoms with E-state index in [-0.39, 0.29) is 11.6 Å². The van der Waals surface area contributed by atoms with Crippen molar-refractivity contribution in [2.24, 2.45) is 0 Å². The zero-order chi connectivity index (χ0) is 20.5. The standard InChI is InChI=1S/C8H14N3O12P3S/c9-5-1-2-11(8(12)10-5)6-4-27-7(21-6)3-20-25(16,17)23-26(18,19)22-24(13,14)15/h1-2,6-7H,3-4H2,(H,16,17)(H,18,19)(H2,9,10,12)(H2,13,14,15)/t6-,7+/m0/s1. The lowest BCUT2D eigenvalue weighted by molar-refractivity contribution is -0.00646. The van der Waals surface area contributed by atoms with Gasteiger partial charge in [0.2, 0.25) is 0 Å². The van der Waals surface area contributed by atoms with Gasteiger partial charge in [0.1, 0.15) is 17.5 Å². The van der Waals surface area contributed by atoms with Crippen LogP contribution in [-0.2, 0) is 31.6 Å². The SMILES string of the molecule is Nc1ccn([C@@H]2CS[C@H](COP(=O)(O)OP(=O)(O)OP(=O)(O)O)O2)c(=O)n1. The second-order valence-corrected chi connectivity index (χ2v) is 10.4. The van der Waals surface area contributed by atoms with Crippen LogP contribution in [-0.4, -0.2) is 46.9 Å². The Morgan fingerprint density at radius 2 is 1.93 bits per heavy atom. The summed E-state index contributed by atoms with van der Waals surface area (Å²) in [5.74, 6) is 0.266. The van der Waals surface area contributed by atoms with Gasteiger partial charge in [0.25, 0.3) is 0 Å². The monoisotopic (exact) mass is 469 g/mol. The number of nitrogens with zero attached hydrogens (tertiary/aromatic N) is 2. The van der Waals surface area contributed by atoms with E-state index >= 15 is 0 Å². The molecule has 1 aromatic rings. The van der Waals surface area contributed by atoms with Gasteiger partial charge in [0.05, 0.1) is 6.61 Å². The number of thioether (sulfide) groups is 1. The van der Waals surface area contributed by atoms with Crippen LogP contribution in [0.3, 0.4) is 0 Å². The first kappa shape index (κ1) is 22.7. The molecular formula is C8H14N3O12P3S. The second-order valence-electron chi connectivity index (χ2n) is 4.78. The summed E-state index contributed by atoms with van der Waals surface area (Å²) in [6, 6.07) is 1.37. The normalized spacial score (nSPS) is 25.0. The molecule has 0 bridgehead atoms. The Kier molecular flexibility index (Phi) is 7.07. The molecule has 1 aliphatic rings. The third kappa shape index (κ3) is 7.38. The van der Waals surface area contributed by atoms with E-state index < -0.39 is 47.4 Å². The molecule has 1 fully saturated rings. The van der Waals surface area contributed by atoms with Crippen LogP contribution in [0.1, 0.15) is 6.23 Å². The molecule has 0 saturated carbocycles. The third-order valence-corrected chi connectivity index (χ3v) is 7.58. The summed E-state index contributed by atoms with van der Waals surface area (Å²) in [5, 5.41) is 0. The van der Waals surface area contributed by atoms with Crippen LogP contribution in [0.4, 0.5) is 5.82 Å². The number of rotatable bonds is 8. The van der Waals surface area contributed by atoms with Crippen molar-refractivity contribution in [2.45, 2.75) is 11.7 Å². The molecule has 15 nitrogen and oxygen atoms in total. The Morgan fingerprint density at radius 1 is 1.26 bits per heavy atom. The van der Waals surface area contributed by atoms with Crippen molar-refractivity contribution in [2.75, 3.05) is 18.1 Å². The van der Waals surface area contributed by atoms with Crippen molar-refractivity contribution in [1.29, 1.82) is 0 Å². The third-order valence-electron chi connectivity index (χ3n) is 2.69. The zero-order valence-corrected chi connectivity index (χ0v) is 16.5. The van der Waals surface area contributed by atoms with E-state index in [1.165, 1.54) is 12.3 Å². The molecule has 1 aliphatic heterocycles. The summed E-state index contributed by atoms with van der Waals surface area (Å²) in [6.45, 7) is -0.623. The Bertz CT molecular complexity index is 887. The molecule has 2 heterocycles. The molecular weight excluding hydrogens is 455 g/mol. The first-order valence-electron chi connectivity index (χ1n) is 6.66. The Labute approximate surface area is 154 Å². The van der Waals surface area contributed by atoms with Crippen LogP contribution >= 0.6 is 35.2 Å². The second kappa shape index (κ2) is 8.41. The smallest absolute Gasteiger partial charge is 0.383 e. The number of phosphoric ester groups is 1. The van der Waals surface area contributed by atoms with Crippen molar-refractivity contribution in [3.05, 3.63) is 22.7 Å². The number of hydrogen-bond acceptors (Lipinski definition) is 11. The van der Waals surface area contributed by atoms with Gasteiger partial charge in [-0.05, 0) is 6.07 Å². The fourth-order valence-electron chi connectivity index (χ4n) is 1.78. The fourth-order valence-corrected chi connectivity index (χ4v) is 5.89. The Balaban J connectivity index is 1.91. The molecule has 19 heteroatoms. The van der Waals surface area contributed by atoms with Gasteiger partial charge in [0.15, 0.2) is 0 Å². The van der Waals surface area contributed by atoms with E-state index in [9.17, 15) is 23.4 Å². The molecule has 2 rings (SSSR count). The lowest BCUT2D eigenvalue weighted by Crippen LogP contribution is -2.28. The number of hydrogen-bond donors (Lipinski definition) is 5. The maximum absolute atomic E-state index is 11.7. The van der Waals surface area contributed by atoms with Gasteiger partial charge < -0.3 is 30.0 Å². The Morgan fingerprint density at radius 3 is 2.52 bits per heavy atom. The highest BCUT2D eigenvalue weighted by Crippen LogP contribution is 2.66. The van der Waals surface area contributed by atoms with Crippen LogP contribution in [0.2, 0.25) is 0 Å². The summed E-state index contributed by atoms with van der Waals surface area (Å²) in [4.78, 5) is 50.5. The lowest BCUT2D eigenvalue weighted by atomic mass is 10.5. The van der Waals surface area contributed by atoms with Gasteiger partial charge in [-0.2, -0.15) is 13.6 Å². The van der Waals surface area contributed by atoms with Crippen LogP contribution in [0.25, 0.3) is 0 Å². The van der Waals surface area contributed by atoms with Crippen molar-refractivity contribution in [3.63, 3.8) is 0 Å². The number of anilines is 1. The fraction of sp³-hybridized carbons (Fsp3) is 0.500. The molecule has 4 atom stereocenters. The molecule has 0 spiro atoms. The molecule has 154 valence electrons. The van der Waals surface area contributed by atoms with E-state index in [1.807, 2.05) is 0 Å². The van der Waals surface area contributed by atoms with Crippen LogP contribution in [0.5, 0.6) is 0 Å². The van der Waals surface area contributed by atoms with Gasteiger partial charge in [-0.25, -0.2) is 18.5 Å². The number of nitrogens with two attached hydrogens (primary N) is 1. The van der Waals surface area contributed by atoms with Gasteiger partial charge in [-0.1, -0.05) is 0 Å². The molecule has 6 N–H and O–H groups in total. The largest absolute Gasteiger partial charge is 0.490 e. The topological polar surface area (TPSA) is 230 Å². The molecule has 0 aliphatic carbocycles. The summed E-state index contributed by atoms with van der Waals surface area (Å²) < 4.78 is 51.5. The number of nitrogen functional groups attached to an aromatic ring is 1. The highest BCUT2D eigenvalue weighted by molar-refractivity contribution is 8.00. The van der Waals surface area contributed by atoms with E-state index in [2.05, 4.69) is 18.1 Å². The average Bonchev–Trinajstić information content (AvgIpc) is 2.90. The molecule has 0 radical (unpaired) electrons. The van der Waals surface area contributed by atoms with Gasteiger partial charge in [-0.15, -0.1) is 11.8 Å². The van der Waals surface area contributed by atoms with Gasteiger partial charge >= 0.3 is 29.2 Å². The predicted molar refractivity (Wildman–Crippen MR) is 89.1 cm³/mol. The Hall–Kier alpha value is -0.600. The number of ether oxygens (including phenoxy) is 1. The minimum Gasteiger partial charge on any atom is -0.383 e. The maximum Gasteiger partial charge on any atom is 0.490 e. The van der Waals surface area contributed by atoms with Crippen molar-refractivity contribution in [3.8, 4) is 0 Å². The van der Waals surface area contributed by atoms with Gasteiger partial charge in [-0.3, -0.25) is 9.09 Å². The van der Waals surface area contributed by atoms with Crippen LogP contribution in [0.15, 0.2) is 17.1 Å². The molecule has 2 unspecified atom stereocenters. The van der Waals surface area contributed by atoms with E-state index in [0.717, 1.165) is 16.3 Å². The average molecular weight is 469 g/mol. The number of phosphoric acid groups is 3. The molecule has 0 aromatic carbocycles. The first-order valence-corrected chi connectivity index (χ1v) is 12.2. The van der Waals surface area contributed by atoms with E-state index in [4.69, 9.17) is 25.2 Å². The maximum atomic E-state index is 11.7. The predicted octanol–water partition coefficient (Wildman–Crippen LogP) is -0.243. The lowest BCUT2D eigenvalue weighted by Gasteiger charge is -2.18. The van der Waals surface area contributed by atoms with E-state index in [1.54, 1.807) is 0 Å². The quantitative estimate of drug-likeness (QED) is 0.309. The summed E-state index contributed by atoms with van der Waals surface area (Å²) in [6.07, 6.45) is 0.575. The highest BCUT2D eigenvalue weighted by atomic mass is 32.2. The number of aromatic nitrogens is 2. The van der Waals surface area contributed by atoms with Crippen LogP contribution < -0.4 is 11.4 Å². The molecule has 1 aromatic heterocycles. The first-order chi connectivity index (χ1) is 12.3. The molecule has 1 saturated heterocycles.